The number of imide groups is 1. The number of carbonyl (C=O) groups excluding carboxylic acids is 3. The highest BCUT2D eigenvalue weighted by atomic mass is 16.3. The number of rotatable bonds is 0. The van der Waals surface area contributed by atoms with Gasteiger partial charge in [-0.15, -0.1) is 0 Å². The minimum atomic E-state index is -0.733. The third-order valence-electron chi connectivity index (χ3n) is 4.76. The van der Waals surface area contributed by atoms with Crippen LogP contribution in [0, 0.1) is 23.7 Å². The lowest BCUT2D eigenvalue weighted by Gasteiger charge is -2.39. The average Bonchev–Trinajstić information content (AvgIpc) is 2.34. The second-order valence-electron chi connectivity index (χ2n) is 6.40. The van der Waals surface area contributed by atoms with Gasteiger partial charge in [-0.1, -0.05) is 13.8 Å². The topological polar surface area (TPSA) is 83.5 Å². The van der Waals surface area contributed by atoms with Gasteiger partial charge in [0.15, 0.2) is 0 Å². The van der Waals surface area contributed by atoms with Crippen molar-refractivity contribution in [1.29, 1.82) is 0 Å². The minimum absolute atomic E-state index is 0.0254. The Morgan fingerprint density at radius 1 is 1.05 bits per heavy atom. The Kier molecular flexibility index (Phi) is 4.58. The summed E-state index contributed by atoms with van der Waals surface area (Å²) in [6.07, 6.45) is 1.38. The predicted molar refractivity (Wildman–Crippen MR) is 72.6 cm³/mol. The summed E-state index contributed by atoms with van der Waals surface area (Å²) in [5, 5.41) is 12.1. The molecule has 2 fully saturated rings. The first-order valence-corrected chi connectivity index (χ1v) is 7.43. The van der Waals surface area contributed by atoms with Gasteiger partial charge in [0.05, 0.1) is 12.5 Å². The Bertz CT molecular complexity index is 420. The first-order chi connectivity index (χ1) is 9.38. The quantitative estimate of drug-likeness (QED) is 0.650. The zero-order valence-electron chi connectivity index (χ0n) is 12.1. The van der Waals surface area contributed by atoms with Gasteiger partial charge in [-0.3, -0.25) is 19.7 Å². The Balaban J connectivity index is 2.21. The van der Waals surface area contributed by atoms with E-state index in [0.29, 0.717) is 18.8 Å². The molecule has 0 bridgehead atoms. The summed E-state index contributed by atoms with van der Waals surface area (Å²) in [6, 6.07) is 0. The van der Waals surface area contributed by atoms with Crippen molar-refractivity contribution in [2.45, 2.75) is 52.1 Å². The van der Waals surface area contributed by atoms with Crippen LogP contribution in [-0.2, 0) is 14.4 Å². The molecule has 1 aliphatic heterocycles. The van der Waals surface area contributed by atoms with E-state index in [1.54, 1.807) is 0 Å². The van der Waals surface area contributed by atoms with Gasteiger partial charge in [0.25, 0.3) is 0 Å². The van der Waals surface area contributed by atoms with Gasteiger partial charge < -0.3 is 5.11 Å². The lowest BCUT2D eigenvalue weighted by molar-refractivity contribution is -0.140. The van der Waals surface area contributed by atoms with E-state index >= 15 is 0 Å². The minimum Gasteiger partial charge on any atom is -0.393 e. The van der Waals surface area contributed by atoms with Crippen molar-refractivity contribution in [2.75, 3.05) is 0 Å². The lowest BCUT2D eigenvalue weighted by atomic mass is 9.65. The molecule has 0 radical (unpaired) electrons. The van der Waals surface area contributed by atoms with Crippen LogP contribution in [0.25, 0.3) is 0 Å². The maximum Gasteiger partial charge on any atom is 0.229 e. The van der Waals surface area contributed by atoms with Gasteiger partial charge in [0.1, 0.15) is 5.78 Å². The zero-order chi connectivity index (χ0) is 14.9. The summed E-state index contributed by atoms with van der Waals surface area (Å²) in [4.78, 5) is 35.7. The van der Waals surface area contributed by atoms with E-state index in [0.717, 1.165) is 6.42 Å². The van der Waals surface area contributed by atoms with Crippen molar-refractivity contribution in [3.05, 3.63) is 0 Å². The van der Waals surface area contributed by atoms with Crippen LogP contribution in [-0.4, -0.2) is 28.8 Å². The molecule has 1 saturated heterocycles. The molecule has 1 aliphatic carbocycles. The highest BCUT2D eigenvalue weighted by Gasteiger charge is 2.41. The van der Waals surface area contributed by atoms with E-state index in [4.69, 9.17) is 0 Å². The summed E-state index contributed by atoms with van der Waals surface area (Å²) in [5.74, 6) is -0.561. The molecule has 0 aromatic heterocycles. The van der Waals surface area contributed by atoms with Crippen LogP contribution in [0.4, 0.5) is 0 Å². The van der Waals surface area contributed by atoms with Crippen LogP contribution in [0.5, 0.6) is 0 Å². The molecular weight excluding hydrogens is 258 g/mol. The fourth-order valence-corrected chi connectivity index (χ4v) is 3.72. The molecule has 2 rings (SSSR count). The molecule has 5 nitrogen and oxygen atoms in total. The Morgan fingerprint density at radius 3 is 2.40 bits per heavy atom. The van der Waals surface area contributed by atoms with Gasteiger partial charge in [-0.05, 0) is 31.1 Å². The summed E-state index contributed by atoms with van der Waals surface area (Å²) in [7, 11) is 0. The number of fused-ring (bicyclic) bond motifs is 1. The van der Waals surface area contributed by atoms with Gasteiger partial charge >= 0.3 is 0 Å². The van der Waals surface area contributed by atoms with E-state index < -0.39 is 17.9 Å². The van der Waals surface area contributed by atoms with Crippen molar-refractivity contribution in [1.82, 2.24) is 5.32 Å². The molecule has 112 valence electrons. The molecule has 5 heteroatoms. The van der Waals surface area contributed by atoms with Crippen molar-refractivity contribution < 1.29 is 19.5 Å². The van der Waals surface area contributed by atoms with Crippen molar-refractivity contribution in [2.24, 2.45) is 23.7 Å². The second kappa shape index (κ2) is 6.04. The molecular formula is C15H23NO4. The third kappa shape index (κ3) is 3.26. The van der Waals surface area contributed by atoms with E-state index in [1.165, 1.54) is 0 Å². The van der Waals surface area contributed by atoms with Crippen LogP contribution in [0.3, 0.4) is 0 Å². The summed E-state index contributed by atoms with van der Waals surface area (Å²) < 4.78 is 0. The maximum absolute atomic E-state index is 12.3. The number of aliphatic hydroxyl groups excluding tert-OH is 1. The average molecular weight is 281 g/mol. The van der Waals surface area contributed by atoms with Gasteiger partial charge in [0, 0.05) is 18.3 Å². The highest BCUT2D eigenvalue weighted by Crippen LogP contribution is 2.40. The number of amides is 2. The number of nitrogens with one attached hydrogen (secondary N) is 1. The molecule has 2 N–H and O–H groups in total. The van der Waals surface area contributed by atoms with E-state index in [1.807, 2.05) is 6.92 Å². The SMILES string of the molecule is C[C@@H]1C[C@H](C)C(=O)[C@@H]2CC(=O)NC(=O)C[C@@H](O)CC[C@@H]12. The third-order valence-corrected chi connectivity index (χ3v) is 4.76. The van der Waals surface area contributed by atoms with Crippen molar-refractivity contribution in [3.8, 4) is 0 Å². The number of hydrogen-bond donors (Lipinski definition) is 2. The number of hydrogen-bond acceptors (Lipinski definition) is 4. The molecule has 2 aliphatic rings. The lowest BCUT2D eigenvalue weighted by Crippen LogP contribution is -2.44. The Morgan fingerprint density at radius 2 is 1.70 bits per heavy atom. The number of ketones is 1. The molecule has 1 heterocycles. The largest absolute Gasteiger partial charge is 0.393 e. The maximum atomic E-state index is 12.3. The van der Waals surface area contributed by atoms with Gasteiger partial charge in [0.2, 0.25) is 11.8 Å². The first kappa shape index (κ1) is 15.2. The van der Waals surface area contributed by atoms with Crippen molar-refractivity contribution >= 4 is 17.6 Å². The summed E-state index contributed by atoms with van der Waals surface area (Å²) in [6.45, 7) is 4.02. The second-order valence-corrected chi connectivity index (χ2v) is 6.40. The molecule has 0 spiro atoms. The fourth-order valence-electron chi connectivity index (χ4n) is 3.72. The molecule has 1 saturated carbocycles. The monoisotopic (exact) mass is 281 g/mol. The standard InChI is InChI=1S/C15H23NO4/c1-8-5-9(2)15(20)12-7-14(19)16-13(18)6-10(17)3-4-11(8)12/h8-12,17H,3-7H2,1-2H3,(H,16,18,19)/t8-,9+,10+,11+,12-/m1/s1. The normalized spacial score (nSPS) is 40.0. The molecule has 0 unspecified atom stereocenters. The molecule has 20 heavy (non-hydrogen) atoms. The number of aliphatic hydroxyl groups is 1. The Hall–Kier alpha value is -1.23. The van der Waals surface area contributed by atoms with Crippen LogP contribution < -0.4 is 5.32 Å². The summed E-state index contributed by atoms with van der Waals surface area (Å²) >= 11 is 0. The van der Waals surface area contributed by atoms with Crippen LogP contribution in [0.2, 0.25) is 0 Å². The van der Waals surface area contributed by atoms with E-state index in [9.17, 15) is 19.5 Å². The zero-order valence-corrected chi connectivity index (χ0v) is 12.1. The van der Waals surface area contributed by atoms with E-state index in [2.05, 4.69) is 12.2 Å². The summed E-state index contributed by atoms with van der Waals surface area (Å²) in [5.41, 5.74) is 0. The van der Waals surface area contributed by atoms with Crippen LogP contribution in [0.1, 0.15) is 46.0 Å². The Labute approximate surface area is 119 Å². The van der Waals surface area contributed by atoms with E-state index in [-0.39, 0.29) is 36.4 Å². The molecule has 2 amide bonds. The van der Waals surface area contributed by atoms with Gasteiger partial charge in [-0.25, -0.2) is 0 Å². The highest BCUT2D eigenvalue weighted by molar-refractivity contribution is 5.97. The number of Topliss-reactive ketones (excluding diaryl/α,β-unsaturated/α-hetero) is 1. The fraction of sp³-hybridized carbons (Fsp3) is 0.800. The molecule has 0 aromatic rings. The van der Waals surface area contributed by atoms with Crippen LogP contribution >= 0.6 is 0 Å². The smallest absolute Gasteiger partial charge is 0.229 e. The number of carbonyl (C=O) groups is 3. The predicted octanol–water partition coefficient (Wildman–Crippen LogP) is 1.04. The van der Waals surface area contributed by atoms with Gasteiger partial charge in [-0.2, -0.15) is 0 Å². The molecule has 0 aromatic carbocycles. The molecule has 5 atom stereocenters. The van der Waals surface area contributed by atoms with Crippen molar-refractivity contribution in [3.63, 3.8) is 0 Å². The van der Waals surface area contributed by atoms with Crippen LogP contribution in [0.15, 0.2) is 0 Å². The first-order valence-electron chi connectivity index (χ1n) is 7.43.